The number of rotatable bonds is 9. The highest BCUT2D eigenvalue weighted by molar-refractivity contribution is 7.89. The van der Waals surface area contributed by atoms with Crippen LogP contribution in [-0.4, -0.2) is 42.1 Å². The van der Waals surface area contributed by atoms with E-state index >= 15 is 0 Å². The number of esters is 1. The van der Waals surface area contributed by atoms with Gasteiger partial charge in [0.1, 0.15) is 0 Å². The molecule has 0 amide bonds. The largest absolute Gasteiger partial charge is 0.469 e. The molecule has 0 unspecified atom stereocenters. The molecular formula is C19H26N2O4S. The van der Waals surface area contributed by atoms with Crippen molar-refractivity contribution in [2.75, 3.05) is 32.6 Å². The number of unbranched alkanes of at least 4 members (excludes halogenated alkanes) is 2. The molecule has 2 rings (SSSR count). The van der Waals surface area contributed by atoms with E-state index in [4.69, 9.17) is 0 Å². The van der Waals surface area contributed by atoms with E-state index in [0.717, 1.165) is 17.5 Å². The minimum atomic E-state index is -3.60. The number of methoxy groups -OCH3 is 1. The number of nitrogens with one attached hydrogen (secondary N) is 1. The van der Waals surface area contributed by atoms with Crippen molar-refractivity contribution in [1.82, 2.24) is 4.72 Å². The number of benzene rings is 2. The van der Waals surface area contributed by atoms with Gasteiger partial charge in [-0.1, -0.05) is 30.7 Å². The lowest BCUT2D eigenvalue weighted by Crippen LogP contribution is -2.25. The molecule has 2 aromatic carbocycles. The predicted octanol–water partition coefficient (Wildman–Crippen LogP) is 2.92. The smallest absolute Gasteiger partial charge is 0.305 e. The summed E-state index contributed by atoms with van der Waals surface area (Å²) in [6.45, 7) is 0.341. The molecule has 0 aliphatic carbocycles. The second-order valence-electron chi connectivity index (χ2n) is 6.31. The van der Waals surface area contributed by atoms with Gasteiger partial charge in [0.15, 0.2) is 0 Å². The van der Waals surface area contributed by atoms with Crippen LogP contribution >= 0.6 is 0 Å². The first-order valence-electron chi connectivity index (χ1n) is 8.62. The third-order valence-electron chi connectivity index (χ3n) is 4.21. The normalized spacial score (nSPS) is 11.5. The molecule has 0 bridgehead atoms. The maximum atomic E-state index is 12.7. The average molecular weight is 378 g/mol. The molecule has 26 heavy (non-hydrogen) atoms. The van der Waals surface area contributed by atoms with E-state index in [9.17, 15) is 13.2 Å². The summed E-state index contributed by atoms with van der Waals surface area (Å²) in [5, 5.41) is 1.61. The Bertz CT molecular complexity index is 863. The van der Waals surface area contributed by atoms with E-state index in [1.54, 1.807) is 12.1 Å². The molecule has 7 heteroatoms. The average Bonchev–Trinajstić information content (AvgIpc) is 2.63. The van der Waals surface area contributed by atoms with Crippen LogP contribution in [0.2, 0.25) is 0 Å². The Hall–Kier alpha value is -2.12. The van der Waals surface area contributed by atoms with E-state index in [0.29, 0.717) is 31.2 Å². The number of hydrogen-bond donors (Lipinski definition) is 1. The molecule has 0 aromatic heterocycles. The van der Waals surface area contributed by atoms with Gasteiger partial charge in [-0.05, 0) is 25.0 Å². The van der Waals surface area contributed by atoms with E-state index in [2.05, 4.69) is 9.46 Å². The van der Waals surface area contributed by atoms with Crippen molar-refractivity contribution in [3.05, 3.63) is 36.4 Å². The first-order chi connectivity index (χ1) is 12.4. The molecule has 0 aliphatic heterocycles. The summed E-state index contributed by atoms with van der Waals surface area (Å²) in [5.41, 5.74) is 0.974. The van der Waals surface area contributed by atoms with Crippen LogP contribution in [0.5, 0.6) is 0 Å². The predicted molar refractivity (Wildman–Crippen MR) is 104 cm³/mol. The molecule has 0 radical (unpaired) electrons. The van der Waals surface area contributed by atoms with Gasteiger partial charge < -0.3 is 9.64 Å². The summed E-state index contributed by atoms with van der Waals surface area (Å²) in [5.74, 6) is -0.238. The third kappa shape index (κ3) is 4.95. The summed E-state index contributed by atoms with van der Waals surface area (Å²) in [6, 6.07) is 11.0. The Morgan fingerprint density at radius 2 is 1.73 bits per heavy atom. The standard InChI is InChI=1S/C19H26N2O4S/c1-21(2)17-11-7-10-16-15(17)9-8-12-18(16)26(23,24)20-14-6-4-5-13-19(22)25-3/h7-12,20H,4-6,13-14H2,1-3H3. The number of sulfonamides is 1. The first kappa shape index (κ1) is 20.2. The number of anilines is 1. The van der Waals surface area contributed by atoms with Crippen molar-refractivity contribution < 1.29 is 17.9 Å². The van der Waals surface area contributed by atoms with Crippen LogP contribution in [0.15, 0.2) is 41.3 Å². The Morgan fingerprint density at radius 3 is 2.42 bits per heavy atom. The zero-order valence-corrected chi connectivity index (χ0v) is 16.3. The van der Waals surface area contributed by atoms with E-state index < -0.39 is 10.0 Å². The van der Waals surface area contributed by atoms with Crippen LogP contribution in [0.4, 0.5) is 5.69 Å². The van der Waals surface area contributed by atoms with E-state index in [1.807, 2.05) is 43.3 Å². The molecular weight excluding hydrogens is 352 g/mol. The third-order valence-corrected chi connectivity index (χ3v) is 5.73. The van der Waals surface area contributed by atoms with Crippen molar-refractivity contribution in [2.45, 2.75) is 30.6 Å². The quantitative estimate of drug-likeness (QED) is 0.536. The van der Waals surface area contributed by atoms with E-state index in [-0.39, 0.29) is 10.9 Å². The van der Waals surface area contributed by atoms with Gasteiger partial charge >= 0.3 is 5.97 Å². The Balaban J connectivity index is 2.07. The lowest BCUT2D eigenvalue weighted by atomic mass is 10.1. The molecule has 0 saturated carbocycles. The summed E-state index contributed by atoms with van der Waals surface area (Å²) in [4.78, 5) is 13.3. The highest BCUT2D eigenvalue weighted by Crippen LogP contribution is 2.30. The number of fused-ring (bicyclic) bond motifs is 1. The van der Waals surface area contributed by atoms with Crippen LogP contribution in [-0.2, 0) is 19.6 Å². The maximum absolute atomic E-state index is 12.7. The minimum Gasteiger partial charge on any atom is -0.469 e. The van der Waals surface area contributed by atoms with Gasteiger partial charge in [0, 0.05) is 43.5 Å². The zero-order valence-electron chi connectivity index (χ0n) is 15.5. The highest BCUT2D eigenvalue weighted by Gasteiger charge is 2.17. The number of carbonyl (C=O) groups excluding carboxylic acids is 1. The van der Waals surface area contributed by atoms with Crippen LogP contribution in [0.1, 0.15) is 25.7 Å². The van der Waals surface area contributed by atoms with Gasteiger partial charge in [0.25, 0.3) is 0 Å². The van der Waals surface area contributed by atoms with Gasteiger partial charge in [0.05, 0.1) is 12.0 Å². The molecule has 0 saturated heterocycles. The Morgan fingerprint density at radius 1 is 1.04 bits per heavy atom. The van der Waals surface area contributed by atoms with Crippen LogP contribution in [0, 0.1) is 0 Å². The van der Waals surface area contributed by atoms with Crippen LogP contribution in [0.25, 0.3) is 10.8 Å². The zero-order chi connectivity index (χ0) is 19.2. The Kier molecular flexibility index (Phi) is 6.99. The Labute approximate surface area is 155 Å². The molecule has 0 fully saturated rings. The number of nitrogens with zero attached hydrogens (tertiary/aromatic N) is 1. The molecule has 142 valence electrons. The molecule has 0 aliphatic rings. The number of ether oxygens (including phenoxy) is 1. The van der Waals surface area contributed by atoms with Crippen molar-refractivity contribution >= 4 is 32.5 Å². The lowest BCUT2D eigenvalue weighted by Gasteiger charge is -2.17. The fourth-order valence-corrected chi connectivity index (χ4v) is 4.14. The SMILES string of the molecule is COC(=O)CCCCCNS(=O)(=O)c1cccc2c(N(C)C)cccc12. The van der Waals surface area contributed by atoms with Crippen molar-refractivity contribution in [3.8, 4) is 0 Å². The molecule has 0 spiro atoms. The molecule has 1 N–H and O–H groups in total. The monoisotopic (exact) mass is 378 g/mol. The van der Waals surface area contributed by atoms with Gasteiger partial charge in [0.2, 0.25) is 10.0 Å². The van der Waals surface area contributed by atoms with Crippen LogP contribution in [0.3, 0.4) is 0 Å². The second-order valence-corrected chi connectivity index (χ2v) is 8.04. The molecule has 0 heterocycles. The first-order valence-corrected chi connectivity index (χ1v) is 10.1. The van der Waals surface area contributed by atoms with Gasteiger partial charge in [-0.3, -0.25) is 4.79 Å². The summed E-state index contributed by atoms with van der Waals surface area (Å²) in [7, 11) is 1.63. The lowest BCUT2D eigenvalue weighted by molar-refractivity contribution is -0.140. The second kappa shape index (κ2) is 9.00. The summed E-state index contributed by atoms with van der Waals surface area (Å²) in [6.07, 6.45) is 2.48. The minimum absolute atomic E-state index is 0.238. The topological polar surface area (TPSA) is 75.7 Å². The summed E-state index contributed by atoms with van der Waals surface area (Å²) >= 11 is 0. The number of carbonyl (C=O) groups is 1. The van der Waals surface area contributed by atoms with E-state index in [1.165, 1.54) is 7.11 Å². The fraction of sp³-hybridized carbons (Fsp3) is 0.421. The summed E-state index contributed by atoms with van der Waals surface area (Å²) < 4.78 is 32.7. The highest BCUT2D eigenvalue weighted by atomic mass is 32.2. The molecule has 0 atom stereocenters. The molecule has 2 aromatic rings. The molecule has 6 nitrogen and oxygen atoms in total. The van der Waals surface area contributed by atoms with Gasteiger partial charge in [-0.25, -0.2) is 13.1 Å². The van der Waals surface area contributed by atoms with Crippen LogP contribution < -0.4 is 9.62 Å². The van der Waals surface area contributed by atoms with Crippen molar-refractivity contribution in [2.24, 2.45) is 0 Å². The fourth-order valence-electron chi connectivity index (χ4n) is 2.85. The number of hydrogen-bond acceptors (Lipinski definition) is 5. The van der Waals surface area contributed by atoms with Crippen molar-refractivity contribution in [3.63, 3.8) is 0 Å². The maximum Gasteiger partial charge on any atom is 0.305 e. The van der Waals surface area contributed by atoms with Gasteiger partial charge in [-0.2, -0.15) is 0 Å². The van der Waals surface area contributed by atoms with Gasteiger partial charge in [-0.15, -0.1) is 0 Å². The van der Waals surface area contributed by atoms with Crippen molar-refractivity contribution in [1.29, 1.82) is 0 Å².